The number of ether oxygens (including phenoxy) is 2. The van der Waals surface area contributed by atoms with Crippen molar-refractivity contribution in [3.63, 3.8) is 0 Å². The molecule has 0 spiro atoms. The van der Waals surface area contributed by atoms with Crippen LogP contribution in [-0.2, 0) is 10.2 Å². The molecule has 0 saturated carbocycles. The number of rotatable bonds is 12. The number of halogens is 2. The lowest BCUT2D eigenvalue weighted by atomic mass is 9.81. The zero-order valence-corrected chi connectivity index (χ0v) is 23.0. The van der Waals surface area contributed by atoms with E-state index in [0.717, 1.165) is 18.5 Å². The molecule has 0 aliphatic carbocycles. The summed E-state index contributed by atoms with van der Waals surface area (Å²) in [6.07, 6.45) is 5.09. The van der Waals surface area contributed by atoms with Crippen LogP contribution in [-0.4, -0.2) is 54.0 Å². The number of nitrogens with one attached hydrogen (secondary N) is 1. The van der Waals surface area contributed by atoms with Crippen molar-refractivity contribution >= 4 is 40.9 Å². The highest BCUT2D eigenvalue weighted by atomic mass is 35.5. The topological polar surface area (TPSA) is 93.9 Å². The van der Waals surface area contributed by atoms with E-state index in [0.29, 0.717) is 36.0 Å². The van der Waals surface area contributed by atoms with Crippen LogP contribution in [0.5, 0.6) is 11.5 Å². The van der Waals surface area contributed by atoms with E-state index in [2.05, 4.69) is 44.4 Å². The normalized spacial score (nSPS) is 10.7. The summed E-state index contributed by atoms with van der Waals surface area (Å²) < 4.78 is 15.8. The van der Waals surface area contributed by atoms with Gasteiger partial charge in [0.15, 0.2) is 4.84 Å². The van der Waals surface area contributed by atoms with E-state index >= 15 is 0 Å². The minimum Gasteiger partial charge on any atom is -0.496 e. The summed E-state index contributed by atoms with van der Waals surface area (Å²) in [6.45, 7) is 14.2. The largest absolute Gasteiger partial charge is 0.496 e. The second-order valence-electron chi connectivity index (χ2n) is 7.96. The van der Waals surface area contributed by atoms with E-state index in [-0.39, 0.29) is 17.2 Å². The third-order valence-electron chi connectivity index (χ3n) is 5.78. The van der Waals surface area contributed by atoms with Crippen molar-refractivity contribution in [1.29, 1.82) is 0 Å². The van der Waals surface area contributed by atoms with E-state index in [1.165, 1.54) is 19.1 Å². The van der Waals surface area contributed by atoms with Crippen molar-refractivity contribution < 1.29 is 23.6 Å². The third kappa shape index (κ3) is 8.31. The van der Waals surface area contributed by atoms with Crippen LogP contribution in [0.1, 0.15) is 49.7 Å². The average molecular weight is 540 g/mol. The standard InChI is InChI=1S/C18H24N2O4.C8H11Cl2NO/c1-6-18(3,7-2)14-11-15(24-20-14)19-17(21)16-12(22-4)9-8-10-13(16)23-5;1-3-5-11(6-4-2)8(12)7(9)10/h8-11H,6-7H2,1-5H3,(H,19,21);3-4,7H,1-2,5-6H2. The highest BCUT2D eigenvalue weighted by Gasteiger charge is 2.27. The molecule has 36 heavy (non-hydrogen) atoms. The van der Waals surface area contributed by atoms with E-state index in [1.54, 1.807) is 36.4 Å². The van der Waals surface area contributed by atoms with Gasteiger partial charge in [-0.3, -0.25) is 14.9 Å². The molecule has 1 heterocycles. The molecule has 0 radical (unpaired) electrons. The second-order valence-corrected chi connectivity index (χ2v) is 9.05. The van der Waals surface area contributed by atoms with Gasteiger partial charge in [0, 0.05) is 24.6 Å². The quantitative estimate of drug-likeness (QED) is 0.262. The van der Waals surface area contributed by atoms with E-state index in [4.69, 9.17) is 37.2 Å². The number of carbonyl (C=O) groups excluding carboxylic acids is 2. The zero-order valence-electron chi connectivity index (χ0n) is 21.5. The van der Waals surface area contributed by atoms with Gasteiger partial charge in [0.1, 0.15) is 17.1 Å². The van der Waals surface area contributed by atoms with Crippen molar-refractivity contribution in [2.45, 2.75) is 43.9 Å². The van der Waals surface area contributed by atoms with E-state index in [1.807, 2.05) is 0 Å². The number of alkyl halides is 2. The van der Waals surface area contributed by atoms with Crippen molar-refractivity contribution in [1.82, 2.24) is 10.1 Å². The molecule has 0 aliphatic heterocycles. The summed E-state index contributed by atoms with van der Waals surface area (Å²) in [5.74, 6) is 0.466. The number of hydrogen-bond acceptors (Lipinski definition) is 6. The SMILES string of the molecule is C=CCN(CC=C)C(=O)C(Cl)Cl.CCC(C)(CC)c1cc(NC(=O)c2c(OC)cccc2OC)on1. The molecule has 0 bridgehead atoms. The van der Waals surface area contributed by atoms with Crippen LogP contribution in [0.4, 0.5) is 5.88 Å². The molecule has 0 fully saturated rings. The fraction of sp³-hybridized carbons (Fsp3) is 0.423. The fourth-order valence-electron chi connectivity index (χ4n) is 3.18. The molecule has 2 amide bonds. The minimum absolute atomic E-state index is 0.0748. The Hall–Kier alpha value is -2.97. The molecule has 0 atom stereocenters. The van der Waals surface area contributed by atoms with Gasteiger partial charge >= 0.3 is 0 Å². The Bertz CT molecular complexity index is 987. The molecule has 0 saturated heterocycles. The molecule has 1 aromatic carbocycles. The number of methoxy groups -OCH3 is 2. The van der Waals surface area contributed by atoms with Crippen LogP contribution in [0.3, 0.4) is 0 Å². The highest BCUT2D eigenvalue weighted by Crippen LogP contribution is 2.33. The first-order valence-corrected chi connectivity index (χ1v) is 12.3. The molecular formula is C26H35Cl2N3O5. The van der Waals surface area contributed by atoms with Crippen molar-refractivity contribution in [3.05, 3.63) is 60.8 Å². The molecule has 10 heteroatoms. The van der Waals surface area contributed by atoms with Gasteiger partial charge in [-0.15, -0.1) is 13.2 Å². The van der Waals surface area contributed by atoms with Crippen LogP contribution in [0.15, 0.2) is 54.1 Å². The maximum Gasteiger partial charge on any atom is 0.265 e. The Labute approximate surface area is 223 Å². The van der Waals surface area contributed by atoms with Gasteiger partial charge in [0.2, 0.25) is 5.88 Å². The summed E-state index contributed by atoms with van der Waals surface area (Å²) in [4.78, 5) is 24.3. The molecule has 8 nitrogen and oxygen atoms in total. The molecule has 0 aliphatic rings. The van der Waals surface area contributed by atoms with E-state index < -0.39 is 4.84 Å². The Morgan fingerprint density at radius 2 is 1.67 bits per heavy atom. The lowest BCUT2D eigenvalue weighted by Crippen LogP contribution is -2.35. The molecule has 2 aromatic rings. The lowest BCUT2D eigenvalue weighted by Gasteiger charge is -2.22. The lowest BCUT2D eigenvalue weighted by molar-refractivity contribution is -0.128. The number of hydrogen-bond donors (Lipinski definition) is 1. The molecular weight excluding hydrogens is 505 g/mol. The van der Waals surface area contributed by atoms with Crippen LogP contribution in [0.2, 0.25) is 0 Å². The van der Waals surface area contributed by atoms with Crippen LogP contribution < -0.4 is 14.8 Å². The molecule has 1 aromatic heterocycles. The van der Waals surface area contributed by atoms with Crippen molar-refractivity contribution in [2.24, 2.45) is 0 Å². The predicted octanol–water partition coefficient (Wildman–Crippen LogP) is 6.01. The first-order valence-electron chi connectivity index (χ1n) is 11.4. The number of amides is 2. The molecule has 1 N–H and O–H groups in total. The Morgan fingerprint density at radius 1 is 1.14 bits per heavy atom. The van der Waals surface area contributed by atoms with Crippen LogP contribution in [0, 0.1) is 0 Å². The number of carbonyl (C=O) groups is 2. The van der Waals surface area contributed by atoms with Gasteiger partial charge in [-0.2, -0.15) is 0 Å². The third-order valence-corrected chi connectivity index (χ3v) is 6.15. The number of aromatic nitrogens is 1. The Balaban J connectivity index is 0.000000457. The fourth-order valence-corrected chi connectivity index (χ4v) is 3.46. The van der Waals surface area contributed by atoms with E-state index in [9.17, 15) is 9.59 Å². The van der Waals surface area contributed by atoms with Gasteiger partial charge in [0.05, 0.1) is 19.9 Å². The first-order chi connectivity index (χ1) is 17.1. The Kier molecular flexibility index (Phi) is 13.1. The second kappa shape index (κ2) is 15.2. The zero-order chi connectivity index (χ0) is 27.3. The highest BCUT2D eigenvalue weighted by molar-refractivity contribution is 6.53. The Morgan fingerprint density at radius 3 is 2.08 bits per heavy atom. The molecule has 0 unspecified atom stereocenters. The predicted molar refractivity (Wildman–Crippen MR) is 144 cm³/mol. The summed E-state index contributed by atoms with van der Waals surface area (Å²) in [5, 5.41) is 6.83. The summed E-state index contributed by atoms with van der Waals surface area (Å²) in [5.41, 5.74) is 1.07. The number of nitrogens with zero attached hydrogens (tertiary/aromatic N) is 2. The van der Waals surface area contributed by atoms with Gasteiger partial charge in [0.25, 0.3) is 11.8 Å². The summed E-state index contributed by atoms with van der Waals surface area (Å²) in [7, 11) is 3.01. The van der Waals surface area contributed by atoms with Gasteiger partial charge in [-0.1, -0.05) is 67.3 Å². The molecule has 198 valence electrons. The maximum atomic E-state index is 12.6. The minimum atomic E-state index is -1.01. The van der Waals surface area contributed by atoms with Gasteiger partial charge < -0.3 is 18.9 Å². The monoisotopic (exact) mass is 539 g/mol. The average Bonchev–Trinajstić information content (AvgIpc) is 3.36. The van der Waals surface area contributed by atoms with Crippen molar-refractivity contribution in [3.8, 4) is 11.5 Å². The molecule has 2 rings (SSSR count). The van der Waals surface area contributed by atoms with Crippen LogP contribution in [0.25, 0.3) is 0 Å². The maximum absolute atomic E-state index is 12.6. The number of anilines is 1. The van der Waals surface area contributed by atoms with Crippen molar-refractivity contribution in [2.75, 3.05) is 32.6 Å². The first kappa shape index (κ1) is 31.1. The summed E-state index contributed by atoms with van der Waals surface area (Å²) >= 11 is 10.8. The van der Waals surface area contributed by atoms with Crippen LogP contribution >= 0.6 is 23.2 Å². The smallest absolute Gasteiger partial charge is 0.265 e. The number of benzene rings is 1. The van der Waals surface area contributed by atoms with Gasteiger partial charge in [-0.25, -0.2) is 0 Å². The summed E-state index contributed by atoms with van der Waals surface area (Å²) in [6, 6.07) is 6.94. The van der Waals surface area contributed by atoms with Gasteiger partial charge in [-0.05, 0) is 25.0 Å².